The lowest BCUT2D eigenvalue weighted by Gasteiger charge is -2.27. The number of hydrogen-bond acceptors (Lipinski definition) is 8. The monoisotopic (exact) mass is 524 g/mol. The molecule has 10 nitrogen and oxygen atoms in total. The summed E-state index contributed by atoms with van der Waals surface area (Å²) >= 11 is 0. The first-order valence-electron chi connectivity index (χ1n) is 12.2. The number of para-hydroxylation sites is 1. The lowest BCUT2D eigenvalue weighted by molar-refractivity contribution is 0.0255. The number of nitrogens with zero attached hydrogens (tertiary/aromatic N) is 4. The zero-order valence-corrected chi connectivity index (χ0v) is 22.2. The number of fused-ring (bicyclic) bond motifs is 1. The summed E-state index contributed by atoms with van der Waals surface area (Å²) in [4.78, 5) is 12.5. The number of rotatable bonds is 13. The predicted octanol–water partition coefficient (Wildman–Crippen LogP) is 4.89. The highest BCUT2D eigenvalue weighted by molar-refractivity contribution is 7.57. The summed E-state index contributed by atoms with van der Waals surface area (Å²) in [6, 6.07) is 17.1. The summed E-state index contributed by atoms with van der Waals surface area (Å²) in [5.74, 6) is 0.801. The summed E-state index contributed by atoms with van der Waals surface area (Å²) in [5, 5.41) is 3.10. The smallest absolute Gasteiger partial charge is 0.344 e. The Morgan fingerprint density at radius 2 is 1.81 bits per heavy atom. The van der Waals surface area contributed by atoms with Gasteiger partial charge in [0.05, 0.1) is 25.6 Å². The van der Waals surface area contributed by atoms with Crippen LogP contribution in [0.15, 0.2) is 67.3 Å². The summed E-state index contributed by atoms with van der Waals surface area (Å²) in [7, 11) is -3.51. The van der Waals surface area contributed by atoms with Crippen molar-refractivity contribution in [2.45, 2.75) is 52.7 Å². The van der Waals surface area contributed by atoms with Crippen LogP contribution < -0.4 is 15.3 Å². The first-order valence-corrected chi connectivity index (χ1v) is 14.0. The number of anilines is 1. The van der Waals surface area contributed by atoms with E-state index in [2.05, 4.69) is 20.0 Å². The Labute approximate surface area is 216 Å². The fourth-order valence-corrected chi connectivity index (χ4v) is 5.55. The number of nitrogen functional groups attached to an aromatic ring is 1. The molecule has 11 heteroatoms. The number of hydrogen-bond donors (Lipinski definition) is 2. The van der Waals surface area contributed by atoms with Gasteiger partial charge in [0, 0.05) is 0 Å². The van der Waals surface area contributed by atoms with Crippen LogP contribution in [0.4, 0.5) is 5.82 Å². The first-order chi connectivity index (χ1) is 17.9. The van der Waals surface area contributed by atoms with Crippen molar-refractivity contribution < 1.29 is 18.6 Å². The first kappa shape index (κ1) is 26.8. The molecule has 4 rings (SSSR count). The van der Waals surface area contributed by atoms with Crippen molar-refractivity contribution in [1.82, 2.24) is 24.6 Å². The lowest BCUT2D eigenvalue weighted by atomic mass is 10.1. The number of nitrogens with two attached hydrogens (primary N) is 1. The molecule has 0 amide bonds. The second-order valence-electron chi connectivity index (χ2n) is 8.78. The van der Waals surface area contributed by atoms with Crippen LogP contribution in [0.1, 0.15) is 31.4 Å². The molecular weight excluding hydrogens is 491 g/mol. The van der Waals surface area contributed by atoms with E-state index in [1.807, 2.05) is 67.8 Å². The van der Waals surface area contributed by atoms with E-state index < -0.39 is 13.7 Å². The van der Waals surface area contributed by atoms with Crippen molar-refractivity contribution in [1.29, 1.82) is 0 Å². The lowest BCUT2D eigenvalue weighted by Crippen LogP contribution is -2.32. The van der Waals surface area contributed by atoms with Gasteiger partial charge in [-0.05, 0) is 43.5 Å². The number of benzene rings is 2. The maximum absolute atomic E-state index is 14.0. The van der Waals surface area contributed by atoms with Crippen molar-refractivity contribution in [3.05, 3.63) is 78.4 Å². The zero-order chi connectivity index (χ0) is 26.3. The highest BCUT2D eigenvalue weighted by Gasteiger charge is 2.30. The molecule has 0 spiro atoms. The van der Waals surface area contributed by atoms with E-state index in [1.165, 1.54) is 6.33 Å². The minimum atomic E-state index is -3.51. The van der Waals surface area contributed by atoms with E-state index in [9.17, 15) is 4.57 Å². The molecule has 0 fully saturated rings. The normalized spacial score (nSPS) is 14.8. The summed E-state index contributed by atoms with van der Waals surface area (Å²) in [6.07, 6.45) is 2.65. The molecule has 2 aromatic carbocycles. The Bertz CT molecular complexity index is 1350. The third kappa shape index (κ3) is 7.14. The predicted molar refractivity (Wildman–Crippen MR) is 143 cm³/mol. The molecule has 0 aliphatic rings. The number of aryl methyl sites for hydroxylation is 1. The minimum absolute atomic E-state index is 0.156. The van der Waals surface area contributed by atoms with Crippen LogP contribution in [0.3, 0.4) is 0 Å². The quantitative estimate of drug-likeness (QED) is 0.186. The second kappa shape index (κ2) is 12.3. The summed E-state index contributed by atoms with van der Waals surface area (Å²) in [6.45, 7) is 6.70. The molecule has 196 valence electrons. The van der Waals surface area contributed by atoms with Crippen LogP contribution in [0, 0.1) is 6.92 Å². The highest BCUT2D eigenvalue weighted by atomic mass is 31.2. The number of aromatic nitrogens is 4. The standard InChI is InChI=1S/C26H33N6O4P/c1-4-23(34-15-21-11-9-8-10-19(21)2)31-37(33,36-22-12-6-5-7-13-22)18-35-20(3)14-32-17-30-24-25(27)28-16-29-26(24)32/h5-13,16-17,20,23H,4,14-15,18H2,1-3H3,(H,31,33)(H2,27,28,29)/t20-,23-,37-/m1/s1. The van der Waals surface area contributed by atoms with Crippen LogP contribution in [-0.2, 0) is 27.2 Å². The van der Waals surface area contributed by atoms with Crippen molar-refractivity contribution in [2.75, 3.05) is 12.1 Å². The molecule has 3 N–H and O–H groups in total. The molecular formula is C26H33N6O4P. The second-order valence-corrected chi connectivity index (χ2v) is 10.8. The van der Waals surface area contributed by atoms with Crippen LogP contribution in [0.5, 0.6) is 5.75 Å². The Balaban J connectivity index is 1.44. The third-order valence-electron chi connectivity index (χ3n) is 5.82. The van der Waals surface area contributed by atoms with E-state index in [-0.39, 0.29) is 12.5 Å². The van der Waals surface area contributed by atoms with Gasteiger partial charge in [-0.3, -0.25) is 4.57 Å². The molecule has 3 atom stereocenters. The fraction of sp³-hybridized carbons (Fsp3) is 0.346. The van der Waals surface area contributed by atoms with Crippen LogP contribution in [-0.4, -0.2) is 38.2 Å². The van der Waals surface area contributed by atoms with Crippen molar-refractivity contribution >= 4 is 24.5 Å². The molecule has 4 aromatic rings. The van der Waals surface area contributed by atoms with Gasteiger partial charge in [-0.2, -0.15) is 0 Å². The van der Waals surface area contributed by atoms with Gasteiger partial charge < -0.3 is 24.3 Å². The third-order valence-corrected chi connectivity index (χ3v) is 7.50. The van der Waals surface area contributed by atoms with Gasteiger partial charge in [0.2, 0.25) is 0 Å². The van der Waals surface area contributed by atoms with Crippen LogP contribution >= 0.6 is 7.52 Å². The average Bonchev–Trinajstić information content (AvgIpc) is 3.31. The van der Waals surface area contributed by atoms with Crippen molar-refractivity contribution in [3.8, 4) is 5.75 Å². The van der Waals surface area contributed by atoms with E-state index in [0.717, 1.165) is 11.1 Å². The molecule has 0 unspecified atom stereocenters. The molecule has 0 saturated carbocycles. The Hall–Kier alpha value is -3.30. The van der Waals surface area contributed by atoms with E-state index in [4.69, 9.17) is 19.7 Å². The Morgan fingerprint density at radius 1 is 1.05 bits per heavy atom. The molecule has 0 saturated heterocycles. The highest BCUT2D eigenvalue weighted by Crippen LogP contribution is 2.44. The molecule has 0 aliphatic heterocycles. The van der Waals surface area contributed by atoms with Crippen molar-refractivity contribution in [3.63, 3.8) is 0 Å². The van der Waals surface area contributed by atoms with Gasteiger partial charge in [-0.15, -0.1) is 0 Å². The fourth-order valence-electron chi connectivity index (χ4n) is 3.76. The SMILES string of the molecule is CC[C@H](N[P@@](=O)(CO[C@H](C)Cn1cnc2c(N)ncnc21)Oc1ccccc1)OCc1ccccc1C. The number of imidazole rings is 1. The average molecular weight is 525 g/mol. The van der Waals surface area contributed by atoms with Crippen LogP contribution in [0.2, 0.25) is 0 Å². The van der Waals surface area contributed by atoms with Crippen molar-refractivity contribution in [2.24, 2.45) is 0 Å². The van der Waals surface area contributed by atoms with Gasteiger partial charge in [-0.1, -0.05) is 49.4 Å². The topological polar surface area (TPSA) is 126 Å². The number of ether oxygens (including phenoxy) is 2. The zero-order valence-electron chi connectivity index (χ0n) is 21.3. The van der Waals surface area contributed by atoms with E-state index >= 15 is 0 Å². The van der Waals surface area contributed by atoms with Gasteiger partial charge >= 0.3 is 7.52 Å². The minimum Gasteiger partial charge on any atom is -0.431 e. The summed E-state index contributed by atoms with van der Waals surface area (Å²) in [5.41, 5.74) is 9.24. The largest absolute Gasteiger partial charge is 0.431 e. The molecule has 0 aliphatic carbocycles. The summed E-state index contributed by atoms with van der Waals surface area (Å²) < 4.78 is 33.9. The van der Waals surface area contributed by atoms with E-state index in [1.54, 1.807) is 18.5 Å². The maximum Gasteiger partial charge on any atom is 0.344 e. The van der Waals surface area contributed by atoms with Gasteiger partial charge in [0.15, 0.2) is 11.5 Å². The van der Waals surface area contributed by atoms with Gasteiger partial charge in [-0.25, -0.2) is 20.0 Å². The van der Waals surface area contributed by atoms with Gasteiger partial charge in [0.25, 0.3) is 0 Å². The molecule has 0 radical (unpaired) electrons. The molecule has 0 bridgehead atoms. The Kier molecular flexibility index (Phi) is 8.89. The van der Waals surface area contributed by atoms with Gasteiger partial charge in [0.1, 0.15) is 30.2 Å². The van der Waals surface area contributed by atoms with Crippen LogP contribution in [0.25, 0.3) is 11.2 Å². The van der Waals surface area contributed by atoms with E-state index in [0.29, 0.717) is 42.3 Å². The number of nitrogens with one attached hydrogen (secondary N) is 1. The molecule has 37 heavy (non-hydrogen) atoms. The molecule has 2 heterocycles. The Morgan fingerprint density at radius 3 is 2.57 bits per heavy atom. The maximum atomic E-state index is 14.0. The molecule has 2 aromatic heterocycles.